The molecule has 3 aromatic carbocycles. The first-order chi connectivity index (χ1) is 32.0. The first-order valence-electron chi connectivity index (χ1n) is 23.4. The van der Waals surface area contributed by atoms with Gasteiger partial charge < -0.3 is 34.3 Å². The number of rotatable bonds is 11. The first-order valence-corrected chi connectivity index (χ1v) is 24.9. The lowest BCUT2D eigenvalue weighted by Gasteiger charge is -2.56. The Morgan fingerprint density at radius 3 is 2.58 bits per heavy atom. The zero-order valence-electron chi connectivity index (χ0n) is 37.1. The van der Waals surface area contributed by atoms with Gasteiger partial charge in [-0.2, -0.15) is 4.98 Å². The van der Waals surface area contributed by atoms with Crippen molar-refractivity contribution in [1.29, 1.82) is 0 Å². The van der Waals surface area contributed by atoms with Gasteiger partial charge in [-0.25, -0.2) is 13.1 Å². The van der Waals surface area contributed by atoms with Gasteiger partial charge in [0.05, 0.1) is 40.3 Å². The summed E-state index contributed by atoms with van der Waals surface area (Å²) in [5.41, 5.74) is 5.76. The van der Waals surface area contributed by atoms with Crippen LogP contribution in [0.2, 0.25) is 0 Å². The molecule has 3 N–H and O–H groups in total. The van der Waals surface area contributed by atoms with E-state index in [4.69, 9.17) is 19.2 Å². The highest BCUT2D eigenvalue weighted by molar-refractivity contribution is 7.90. The fraction of sp³-hybridized carbons (Fsp3) is 0.469. The number of fused-ring (bicyclic) bond motifs is 3. The molecule has 6 aliphatic rings. The molecule has 346 valence electrons. The third kappa shape index (κ3) is 7.92. The number of carbonyl (C=O) groups excluding carboxylic acids is 1. The van der Waals surface area contributed by atoms with Crippen molar-refractivity contribution in [2.45, 2.75) is 87.4 Å². The molecule has 0 radical (unpaired) electrons. The minimum Gasteiger partial charge on any atom is -0.468 e. The van der Waals surface area contributed by atoms with Gasteiger partial charge in [0.15, 0.2) is 0 Å². The minimum atomic E-state index is -4.58. The SMILES string of the molecule is Cc1ccccc1[C@@H]1CCCN1C1CC2(CCN(c3ccc(C(=O)NS(=O)(=O)c4ccc(NCC5CCOCC5)c([N+](=O)[O-])c4)c(N4c5cc6cc[nH]c6nc5O[C@H]5COC[C@H]54)c3)CC2)C1. The van der Waals surface area contributed by atoms with E-state index in [2.05, 4.69) is 56.0 Å². The molecule has 11 rings (SSSR count). The van der Waals surface area contributed by atoms with E-state index in [0.29, 0.717) is 73.4 Å². The number of ether oxygens (including phenoxy) is 3. The summed E-state index contributed by atoms with van der Waals surface area (Å²) in [5, 5.41) is 16.2. The van der Waals surface area contributed by atoms with Crippen molar-refractivity contribution >= 4 is 55.4 Å². The molecular formula is C49H56N8O8S. The fourth-order valence-corrected chi connectivity index (χ4v) is 12.6. The molecule has 1 saturated carbocycles. The van der Waals surface area contributed by atoms with Gasteiger partial charge in [-0.1, -0.05) is 24.3 Å². The standard InChI is InChI=1S/C49H56N8O8S/c1-31-5-2-3-6-37(31)40-7-4-18-55(40)35-26-49(27-35)15-19-54(20-16-49)34-8-10-38(41(24-34)56-43-23-33-12-17-50-46(33)52-48(43)65-45-30-64-29-44(45)56)47(58)53-66(61,62)36-9-11-39(42(25-36)57(59)60)51-28-32-13-21-63-22-14-32/h2-3,5-6,8-12,17,23-25,32,35,40,44-45,51H,4,7,13-16,18-22,26-30H2,1H3,(H,50,52)(H,53,58)/t40-,44+,45-/m0/s1. The van der Waals surface area contributed by atoms with Gasteiger partial charge in [0.25, 0.3) is 21.6 Å². The third-order valence-corrected chi connectivity index (χ3v) is 16.6. The number of amides is 1. The average Bonchev–Trinajstić information content (AvgIpc) is 4.11. The lowest BCUT2D eigenvalue weighted by atomic mass is 9.59. The number of nitrogens with one attached hydrogen (secondary N) is 3. The number of H-pyrrole nitrogens is 1. The zero-order valence-corrected chi connectivity index (χ0v) is 37.9. The molecule has 5 aromatic rings. The number of hydrogen-bond acceptors (Lipinski definition) is 13. The van der Waals surface area contributed by atoms with Crippen LogP contribution >= 0.6 is 0 Å². The van der Waals surface area contributed by atoms with Crippen molar-refractivity contribution in [3.8, 4) is 5.88 Å². The van der Waals surface area contributed by atoms with Crippen LogP contribution in [0.3, 0.4) is 0 Å². The van der Waals surface area contributed by atoms with Gasteiger partial charge in [-0.3, -0.25) is 19.8 Å². The van der Waals surface area contributed by atoms with Crippen molar-refractivity contribution in [2.24, 2.45) is 11.3 Å². The summed E-state index contributed by atoms with van der Waals surface area (Å²) in [4.78, 5) is 40.9. The van der Waals surface area contributed by atoms with Crippen LogP contribution in [-0.4, -0.2) is 105 Å². The fourth-order valence-electron chi connectivity index (χ4n) is 11.6. The third-order valence-electron chi connectivity index (χ3n) is 15.3. The molecule has 4 saturated heterocycles. The van der Waals surface area contributed by atoms with E-state index in [-0.39, 0.29) is 23.2 Å². The number of nitrogens with zero attached hydrogens (tertiary/aromatic N) is 5. The maximum atomic E-state index is 14.6. The van der Waals surface area contributed by atoms with E-state index in [1.807, 2.05) is 35.4 Å². The predicted octanol–water partition coefficient (Wildman–Crippen LogP) is 7.62. The van der Waals surface area contributed by atoms with Crippen molar-refractivity contribution in [3.63, 3.8) is 0 Å². The van der Waals surface area contributed by atoms with Crippen LogP contribution in [0.15, 0.2) is 83.9 Å². The Morgan fingerprint density at radius 1 is 0.955 bits per heavy atom. The number of sulfonamides is 1. The Bertz CT molecular complexity index is 2780. The highest BCUT2D eigenvalue weighted by Gasteiger charge is 2.50. The molecule has 3 atom stereocenters. The summed E-state index contributed by atoms with van der Waals surface area (Å²) in [6, 6.07) is 22.7. The minimum absolute atomic E-state index is 0.114. The average molecular weight is 917 g/mol. The molecule has 16 nitrogen and oxygen atoms in total. The lowest BCUT2D eigenvalue weighted by Crippen LogP contribution is -2.55. The monoisotopic (exact) mass is 916 g/mol. The number of piperidine rings is 1. The number of benzene rings is 3. The Morgan fingerprint density at radius 2 is 1.77 bits per heavy atom. The number of aromatic amines is 1. The van der Waals surface area contributed by atoms with Crippen molar-refractivity contribution < 1.29 is 32.3 Å². The number of anilines is 4. The number of nitro groups is 1. The quantitative estimate of drug-likeness (QED) is 0.0870. The largest absolute Gasteiger partial charge is 0.468 e. The zero-order chi connectivity index (χ0) is 45.2. The normalized spacial score (nSPS) is 23.3. The number of nitro benzene ring substituents is 1. The van der Waals surface area contributed by atoms with Crippen LogP contribution in [-0.2, 0) is 19.5 Å². The number of aryl methyl sites for hydroxylation is 1. The summed E-state index contributed by atoms with van der Waals surface area (Å²) in [6.07, 6.45) is 10.0. The Labute approximate surface area is 384 Å². The summed E-state index contributed by atoms with van der Waals surface area (Å²) < 4.78 is 48.2. The first kappa shape index (κ1) is 42.9. The number of pyridine rings is 1. The second-order valence-corrected chi connectivity index (χ2v) is 20.9. The van der Waals surface area contributed by atoms with E-state index in [1.165, 1.54) is 48.9 Å². The maximum absolute atomic E-state index is 14.6. The van der Waals surface area contributed by atoms with Gasteiger partial charge >= 0.3 is 0 Å². The van der Waals surface area contributed by atoms with Gasteiger partial charge in [0.1, 0.15) is 23.1 Å². The van der Waals surface area contributed by atoms with Crippen molar-refractivity contribution in [2.75, 3.05) is 67.7 Å². The second kappa shape index (κ2) is 17.2. The Kier molecular flexibility index (Phi) is 11.1. The van der Waals surface area contributed by atoms with Crippen LogP contribution in [0.1, 0.15) is 78.9 Å². The maximum Gasteiger partial charge on any atom is 0.293 e. The van der Waals surface area contributed by atoms with Gasteiger partial charge in [0.2, 0.25) is 5.88 Å². The topological polar surface area (TPSA) is 184 Å². The van der Waals surface area contributed by atoms with E-state index >= 15 is 0 Å². The van der Waals surface area contributed by atoms with Crippen molar-refractivity contribution in [3.05, 3.63) is 106 Å². The molecule has 2 aromatic heterocycles. The molecule has 7 heterocycles. The summed E-state index contributed by atoms with van der Waals surface area (Å²) in [5.74, 6) is -0.221. The van der Waals surface area contributed by atoms with E-state index < -0.39 is 37.5 Å². The number of aromatic nitrogens is 2. The predicted molar refractivity (Wildman–Crippen MR) is 250 cm³/mol. The van der Waals surface area contributed by atoms with E-state index in [1.54, 1.807) is 6.07 Å². The lowest BCUT2D eigenvalue weighted by molar-refractivity contribution is -0.384. The summed E-state index contributed by atoms with van der Waals surface area (Å²) in [6.45, 7) is 7.47. The highest BCUT2D eigenvalue weighted by Crippen LogP contribution is 2.54. The molecule has 1 aliphatic carbocycles. The van der Waals surface area contributed by atoms with Gasteiger partial charge in [-0.05, 0) is 130 Å². The Hall–Kier alpha value is -5.75. The smallest absolute Gasteiger partial charge is 0.293 e. The molecule has 1 amide bonds. The van der Waals surface area contributed by atoms with E-state index in [9.17, 15) is 23.3 Å². The van der Waals surface area contributed by atoms with Crippen LogP contribution in [0.4, 0.5) is 28.4 Å². The van der Waals surface area contributed by atoms with Crippen LogP contribution in [0, 0.1) is 28.4 Å². The van der Waals surface area contributed by atoms with Crippen LogP contribution < -0.4 is 24.6 Å². The molecule has 5 aliphatic heterocycles. The molecule has 1 spiro atoms. The molecule has 0 bridgehead atoms. The molecule has 5 fully saturated rings. The van der Waals surface area contributed by atoms with Gasteiger partial charge in [0, 0.05) is 68.3 Å². The molecule has 0 unspecified atom stereocenters. The Balaban J connectivity index is 0.871. The molecule has 66 heavy (non-hydrogen) atoms. The summed E-state index contributed by atoms with van der Waals surface area (Å²) >= 11 is 0. The number of likely N-dealkylation sites (tertiary alicyclic amines) is 1. The van der Waals surface area contributed by atoms with Crippen LogP contribution in [0.25, 0.3) is 11.0 Å². The number of hydrogen-bond donors (Lipinski definition) is 3. The van der Waals surface area contributed by atoms with Crippen LogP contribution in [0.5, 0.6) is 5.88 Å². The molecule has 17 heteroatoms. The number of carbonyl (C=O) groups is 1. The highest BCUT2D eigenvalue weighted by atomic mass is 32.2. The molecular weight excluding hydrogens is 861 g/mol. The van der Waals surface area contributed by atoms with Crippen molar-refractivity contribution in [1.82, 2.24) is 19.6 Å². The van der Waals surface area contributed by atoms with E-state index in [0.717, 1.165) is 62.5 Å². The summed E-state index contributed by atoms with van der Waals surface area (Å²) in [7, 11) is -4.58. The van der Waals surface area contributed by atoms with Gasteiger partial charge in [-0.15, -0.1) is 0 Å². The second-order valence-electron chi connectivity index (χ2n) is 19.2.